The smallest absolute Gasteiger partial charge is 0.290 e. The molecule has 33 heavy (non-hydrogen) atoms. The standard InChI is InChI=1S/C24H29N3O6/c1-31-21(32-2)11-14-7-9-26(10-8-14)15-3-4-16-17-13-27(18-5-6-20(28)25-23(18)29)24(30)22(17)33-19(16)12-15/h3-4,12,14,18,21H,5-11,13H2,1-2H3,(H,25,28,29). The number of hydrogen-bond acceptors (Lipinski definition) is 7. The number of furan rings is 1. The molecule has 3 aliphatic heterocycles. The number of fused-ring (bicyclic) bond motifs is 3. The van der Waals surface area contributed by atoms with Gasteiger partial charge in [0.1, 0.15) is 11.6 Å². The van der Waals surface area contributed by atoms with Crippen molar-refractivity contribution in [1.29, 1.82) is 0 Å². The first-order valence-electron chi connectivity index (χ1n) is 11.5. The van der Waals surface area contributed by atoms with Gasteiger partial charge in [-0.15, -0.1) is 0 Å². The maximum Gasteiger partial charge on any atom is 0.290 e. The van der Waals surface area contributed by atoms with Crippen molar-refractivity contribution >= 4 is 34.4 Å². The van der Waals surface area contributed by atoms with Gasteiger partial charge in [0.05, 0.1) is 6.54 Å². The average molecular weight is 456 g/mol. The molecule has 0 bridgehead atoms. The molecule has 4 heterocycles. The monoisotopic (exact) mass is 455 g/mol. The molecule has 2 aromatic rings. The van der Waals surface area contributed by atoms with Gasteiger partial charge in [0.25, 0.3) is 5.91 Å². The van der Waals surface area contributed by atoms with Gasteiger partial charge in [0, 0.05) is 62.9 Å². The van der Waals surface area contributed by atoms with Crippen LogP contribution in [0.2, 0.25) is 0 Å². The summed E-state index contributed by atoms with van der Waals surface area (Å²) in [5, 5.41) is 3.22. The van der Waals surface area contributed by atoms with Crippen LogP contribution in [0.5, 0.6) is 0 Å². The van der Waals surface area contributed by atoms with Crippen LogP contribution in [-0.4, -0.2) is 62.3 Å². The summed E-state index contributed by atoms with van der Waals surface area (Å²) in [4.78, 5) is 40.5. The van der Waals surface area contributed by atoms with Crippen LogP contribution in [0.25, 0.3) is 11.0 Å². The van der Waals surface area contributed by atoms with Crippen LogP contribution in [0.15, 0.2) is 22.6 Å². The predicted molar refractivity (Wildman–Crippen MR) is 120 cm³/mol. The van der Waals surface area contributed by atoms with Crippen molar-refractivity contribution in [2.45, 2.75) is 51.0 Å². The lowest BCUT2D eigenvalue weighted by Gasteiger charge is -2.34. The van der Waals surface area contributed by atoms with Gasteiger partial charge in [-0.1, -0.05) is 0 Å². The number of methoxy groups -OCH3 is 2. The Morgan fingerprint density at radius 1 is 1.12 bits per heavy atom. The number of imide groups is 1. The fraction of sp³-hybridized carbons (Fsp3) is 0.542. The number of carbonyl (C=O) groups is 3. The maximum absolute atomic E-state index is 13.0. The van der Waals surface area contributed by atoms with Crippen molar-refractivity contribution in [1.82, 2.24) is 10.2 Å². The molecule has 1 N–H and O–H groups in total. The minimum Gasteiger partial charge on any atom is -0.450 e. The lowest BCUT2D eigenvalue weighted by Crippen LogP contribution is -2.52. The molecular weight excluding hydrogens is 426 g/mol. The Morgan fingerprint density at radius 3 is 2.58 bits per heavy atom. The van der Waals surface area contributed by atoms with Crippen molar-refractivity contribution < 1.29 is 28.3 Å². The molecule has 0 spiro atoms. The third-order valence-corrected chi connectivity index (χ3v) is 7.18. The number of carbonyl (C=O) groups excluding carboxylic acids is 3. The van der Waals surface area contributed by atoms with Crippen LogP contribution in [0.3, 0.4) is 0 Å². The minimum atomic E-state index is -0.635. The molecule has 0 radical (unpaired) electrons. The Bertz CT molecular complexity index is 1080. The molecule has 1 unspecified atom stereocenters. The van der Waals surface area contributed by atoms with Crippen LogP contribution >= 0.6 is 0 Å². The van der Waals surface area contributed by atoms with Crippen molar-refractivity contribution in [2.75, 3.05) is 32.2 Å². The molecule has 0 aliphatic carbocycles. The van der Waals surface area contributed by atoms with Crippen molar-refractivity contribution in [3.63, 3.8) is 0 Å². The van der Waals surface area contributed by atoms with Crippen LogP contribution in [0.1, 0.15) is 48.2 Å². The number of benzene rings is 1. The van der Waals surface area contributed by atoms with E-state index in [1.807, 2.05) is 12.1 Å². The van der Waals surface area contributed by atoms with Gasteiger partial charge in [-0.2, -0.15) is 0 Å². The molecular formula is C24H29N3O6. The highest BCUT2D eigenvalue weighted by Gasteiger charge is 2.42. The van der Waals surface area contributed by atoms with E-state index in [1.54, 1.807) is 14.2 Å². The van der Waals surface area contributed by atoms with Crippen molar-refractivity contribution in [3.8, 4) is 0 Å². The van der Waals surface area contributed by atoms with Crippen LogP contribution in [-0.2, 0) is 25.6 Å². The summed E-state index contributed by atoms with van der Waals surface area (Å²) < 4.78 is 16.7. The minimum absolute atomic E-state index is 0.152. The van der Waals surface area contributed by atoms with Gasteiger partial charge >= 0.3 is 0 Å². The first-order chi connectivity index (χ1) is 16.0. The van der Waals surface area contributed by atoms with Crippen molar-refractivity contribution in [2.24, 2.45) is 5.92 Å². The summed E-state index contributed by atoms with van der Waals surface area (Å²) in [6.45, 7) is 2.20. The molecule has 9 nitrogen and oxygen atoms in total. The number of ether oxygens (including phenoxy) is 2. The lowest BCUT2D eigenvalue weighted by molar-refractivity contribution is -0.136. The fourth-order valence-corrected chi connectivity index (χ4v) is 5.26. The normalized spacial score (nSPS) is 21.9. The van der Waals surface area contributed by atoms with Gasteiger partial charge in [0.2, 0.25) is 11.8 Å². The van der Waals surface area contributed by atoms with E-state index in [2.05, 4.69) is 16.3 Å². The zero-order valence-electron chi connectivity index (χ0n) is 19.0. The molecule has 9 heteroatoms. The van der Waals surface area contributed by atoms with E-state index in [0.717, 1.165) is 49.0 Å². The first-order valence-corrected chi connectivity index (χ1v) is 11.5. The van der Waals surface area contributed by atoms with Crippen LogP contribution in [0, 0.1) is 5.92 Å². The van der Waals surface area contributed by atoms with Gasteiger partial charge < -0.3 is 23.7 Å². The van der Waals surface area contributed by atoms with E-state index in [1.165, 1.54) is 4.90 Å². The van der Waals surface area contributed by atoms with Crippen LogP contribution < -0.4 is 10.2 Å². The Morgan fingerprint density at radius 2 is 1.88 bits per heavy atom. The predicted octanol–water partition coefficient (Wildman–Crippen LogP) is 2.42. The third-order valence-electron chi connectivity index (χ3n) is 7.18. The molecule has 3 aliphatic rings. The number of rotatable bonds is 6. The number of nitrogens with zero attached hydrogens (tertiary/aromatic N) is 2. The maximum atomic E-state index is 13.0. The van der Waals surface area contributed by atoms with E-state index in [4.69, 9.17) is 13.9 Å². The molecule has 1 atom stereocenters. The summed E-state index contributed by atoms with van der Waals surface area (Å²) in [6.07, 6.45) is 3.45. The number of piperidine rings is 2. The topological polar surface area (TPSA) is 101 Å². The van der Waals surface area contributed by atoms with Gasteiger partial charge in [-0.3, -0.25) is 19.7 Å². The Balaban J connectivity index is 1.28. The second-order valence-corrected chi connectivity index (χ2v) is 9.06. The number of nitrogens with one attached hydrogen (secondary N) is 1. The van der Waals surface area contributed by atoms with Crippen LogP contribution in [0.4, 0.5) is 5.69 Å². The summed E-state index contributed by atoms with van der Waals surface area (Å²) >= 11 is 0. The second kappa shape index (κ2) is 8.79. The second-order valence-electron chi connectivity index (χ2n) is 9.06. The summed E-state index contributed by atoms with van der Waals surface area (Å²) in [7, 11) is 3.35. The molecule has 1 aromatic heterocycles. The summed E-state index contributed by atoms with van der Waals surface area (Å²) in [6, 6.07) is 5.45. The summed E-state index contributed by atoms with van der Waals surface area (Å²) in [5.41, 5.74) is 2.59. The van der Waals surface area contributed by atoms with E-state index in [0.29, 0.717) is 30.2 Å². The zero-order chi connectivity index (χ0) is 23.1. The first kappa shape index (κ1) is 21.9. The lowest BCUT2D eigenvalue weighted by atomic mass is 9.93. The highest BCUT2D eigenvalue weighted by Crippen LogP contribution is 2.37. The molecule has 176 valence electrons. The average Bonchev–Trinajstić information content (AvgIpc) is 3.34. The van der Waals surface area contributed by atoms with E-state index in [-0.39, 0.29) is 24.5 Å². The van der Waals surface area contributed by atoms with Gasteiger partial charge in [-0.05, 0) is 37.3 Å². The number of anilines is 1. The Hall–Kier alpha value is -2.91. The zero-order valence-corrected chi connectivity index (χ0v) is 19.0. The molecule has 3 amide bonds. The Kier molecular flexibility index (Phi) is 5.84. The van der Waals surface area contributed by atoms with E-state index >= 15 is 0 Å². The van der Waals surface area contributed by atoms with E-state index < -0.39 is 11.9 Å². The molecule has 2 fully saturated rings. The number of amides is 3. The molecule has 1 aromatic carbocycles. The largest absolute Gasteiger partial charge is 0.450 e. The molecule has 0 saturated carbocycles. The SMILES string of the molecule is COC(CC1CCN(c2ccc3c4c(oc3c2)C(=O)N(C2CCC(=O)NC2=O)C4)CC1)OC. The highest BCUT2D eigenvalue weighted by atomic mass is 16.7. The highest BCUT2D eigenvalue weighted by molar-refractivity contribution is 6.07. The molecule has 5 rings (SSSR count). The van der Waals surface area contributed by atoms with Crippen molar-refractivity contribution in [3.05, 3.63) is 29.5 Å². The number of hydrogen-bond donors (Lipinski definition) is 1. The summed E-state index contributed by atoms with van der Waals surface area (Å²) in [5.74, 6) is -0.126. The third kappa shape index (κ3) is 4.00. The molecule has 2 saturated heterocycles. The van der Waals surface area contributed by atoms with Gasteiger partial charge in [-0.25, -0.2) is 0 Å². The van der Waals surface area contributed by atoms with E-state index in [9.17, 15) is 14.4 Å². The quantitative estimate of drug-likeness (QED) is 0.527. The van der Waals surface area contributed by atoms with Gasteiger partial charge in [0.15, 0.2) is 12.1 Å². The Labute approximate surface area is 192 Å². The fourth-order valence-electron chi connectivity index (χ4n) is 5.26.